The van der Waals surface area contributed by atoms with Crippen LogP contribution in [0.1, 0.15) is 29.7 Å². The van der Waals surface area contributed by atoms with Gasteiger partial charge < -0.3 is 14.8 Å². The third kappa shape index (κ3) is 4.74. The maximum absolute atomic E-state index is 12.1. The van der Waals surface area contributed by atoms with Crippen LogP contribution in [0, 0.1) is 13.8 Å². The molecule has 0 unspecified atom stereocenters. The molecule has 0 saturated heterocycles. The number of aryl methyl sites for hydroxylation is 2. The van der Waals surface area contributed by atoms with Crippen LogP contribution in [0.25, 0.3) is 0 Å². The van der Waals surface area contributed by atoms with E-state index < -0.39 is 0 Å². The van der Waals surface area contributed by atoms with Crippen LogP contribution in [0.5, 0.6) is 11.5 Å². The third-order valence-electron chi connectivity index (χ3n) is 3.70. The molecule has 4 nitrogen and oxygen atoms in total. The van der Waals surface area contributed by atoms with E-state index in [0.29, 0.717) is 0 Å². The van der Waals surface area contributed by atoms with Crippen LogP contribution in [-0.4, -0.2) is 19.6 Å². The van der Waals surface area contributed by atoms with Gasteiger partial charge in [-0.1, -0.05) is 24.3 Å². The van der Waals surface area contributed by atoms with E-state index in [1.165, 1.54) is 0 Å². The molecule has 2 rings (SSSR count). The number of rotatable bonds is 6. The molecule has 0 aliphatic carbocycles. The minimum absolute atomic E-state index is 0.00475. The van der Waals surface area contributed by atoms with Crippen molar-refractivity contribution in [1.29, 1.82) is 0 Å². The quantitative estimate of drug-likeness (QED) is 0.887. The van der Waals surface area contributed by atoms with E-state index in [-0.39, 0.29) is 18.6 Å². The fourth-order valence-electron chi connectivity index (χ4n) is 2.27. The smallest absolute Gasteiger partial charge is 0.258 e. The van der Waals surface area contributed by atoms with Gasteiger partial charge in [0.1, 0.15) is 11.5 Å². The second-order valence-corrected chi connectivity index (χ2v) is 5.62. The van der Waals surface area contributed by atoms with E-state index >= 15 is 0 Å². The van der Waals surface area contributed by atoms with Gasteiger partial charge in [0.05, 0.1) is 13.2 Å². The van der Waals surface area contributed by atoms with Crippen LogP contribution < -0.4 is 14.8 Å². The summed E-state index contributed by atoms with van der Waals surface area (Å²) < 4.78 is 10.8. The van der Waals surface area contributed by atoms with Gasteiger partial charge in [-0.25, -0.2) is 0 Å². The van der Waals surface area contributed by atoms with Crippen LogP contribution >= 0.6 is 0 Å². The second-order valence-electron chi connectivity index (χ2n) is 5.62. The minimum atomic E-state index is -0.144. The molecular formula is C19H23NO3. The molecule has 0 heterocycles. The maximum Gasteiger partial charge on any atom is 0.258 e. The SMILES string of the molecule is COc1ccc([C@H](C)NC(=O)COc2cc(C)ccc2C)cc1. The molecule has 4 heteroatoms. The molecule has 122 valence electrons. The lowest BCUT2D eigenvalue weighted by Gasteiger charge is -2.16. The molecule has 1 amide bonds. The first-order valence-electron chi connectivity index (χ1n) is 7.63. The molecule has 2 aromatic rings. The van der Waals surface area contributed by atoms with Crippen molar-refractivity contribution in [2.24, 2.45) is 0 Å². The van der Waals surface area contributed by atoms with Crippen molar-refractivity contribution in [3.8, 4) is 11.5 Å². The summed E-state index contributed by atoms with van der Waals surface area (Å²) in [5, 5.41) is 2.93. The molecule has 0 aromatic heterocycles. The van der Waals surface area contributed by atoms with E-state index in [0.717, 1.165) is 28.2 Å². The number of hydrogen-bond acceptors (Lipinski definition) is 3. The molecule has 0 fully saturated rings. The van der Waals surface area contributed by atoms with Crippen LogP contribution in [0.2, 0.25) is 0 Å². The van der Waals surface area contributed by atoms with Gasteiger partial charge in [0, 0.05) is 0 Å². The Labute approximate surface area is 137 Å². The van der Waals surface area contributed by atoms with Crippen LogP contribution in [0.15, 0.2) is 42.5 Å². The number of amides is 1. The molecule has 0 spiro atoms. The summed E-state index contributed by atoms with van der Waals surface area (Å²) in [5.74, 6) is 1.40. The summed E-state index contributed by atoms with van der Waals surface area (Å²) in [7, 11) is 1.63. The van der Waals surface area contributed by atoms with Gasteiger partial charge in [-0.2, -0.15) is 0 Å². The Kier molecular flexibility index (Phi) is 5.63. The van der Waals surface area contributed by atoms with Gasteiger partial charge in [0.15, 0.2) is 6.61 Å². The lowest BCUT2D eigenvalue weighted by molar-refractivity contribution is -0.123. The Hall–Kier alpha value is -2.49. The third-order valence-corrected chi connectivity index (χ3v) is 3.70. The average Bonchev–Trinajstić information content (AvgIpc) is 2.55. The molecule has 0 aliphatic rings. The van der Waals surface area contributed by atoms with Crippen LogP contribution in [0.4, 0.5) is 0 Å². The van der Waals surface area contributed by atoms with Crippen LogP contribution in [-0.2, 0) is 4.79 Å². The van der Waals surface area contributed by atoms with Gasteiger partial charge in [-0.3, -0.25) is 4.79 Å². The molecule has 23 heavy (non-hydrogen) atoms. The summed E-state index contributed by atoms with van der Waals surface area (Å²) in [5.41, 5.74) is 3.15. The Morgan fingerprint density at radius 2 is 1.83 bits per heavy atom. The highest BCUT2D eigenvalue weighted by Crippen LogP contribution is 2.19. The lowest BCUT2D eigenvalue weighted by atomic mass is 10.1. The monoisotopic (exact) mass is 313 g/mol. The number of benzene rings is 2. The van der Waals surface area contributed by atoms with Gasteiger partial charge in [-0.15, -0.1) is 0 Å². The number of carbonyl (C=O) groups excluding carboxylic acids is 1. The molecule has 0 bridgehead atoms. The molecule has 0 aliphatic heterocycles. The first-order valence-corrected chi connectivity index (χ1v) is 7.63. The number of methoxy groups -OCH3 is 1. The largest absolute Gasteiger partial charge is 0.497 e. The van der Waals surface area contributed by atoms with Crippen LogP contribution in [0.3, 0.4) is 0 Å². The van der Waals surface area contributed by atoms with Gasteiger partial charge in [-0.05, 0) is 55.7 Å². The predicted molar refractivity (Wildman–Crippen MR) is 91.0 cm³/mol. The van der Waals surface area contributed by atoms with E-state index in [1.807, 2.05) is 63.2 Å². The maximum atomic E-state index is 12.1. The Morgan fingerprint density at radius 3 is 2.48 bits per heavy atom. The van der Waals surface area contributed by atoms with Crippen molar-refractivity contribution in [2.45, 2.75) is 26.8 Å². The summed E-state index contributed by atoms with van der Waals surface area (Å²) in [6, 6.07) is 13.5. The molecule has 1 atom stereocenters. The number of carbonyl (C=O) groups is 1. The minimum Gasteiger partial charge on any atom is -0.497 e. The zero-order valence-electron chi connectivity index (χ0n) is 14.1. The Balaban J connectivity index is 1.89. The van der Waals surface area contributed by atoms with Gasteiger partial charge in [0.2, 0.25) is 0 Å². The highest BCUT2D eigenvalue weighted by molar-refractivity contribution is 5.78. The fourth-order valence-corrected chi connectivity index (χ4v) is 2.27. The average molecular weight is 313 g/mol. The van der Waals surface area contributed by atoms with E-state index in [2.05, 4.69) is 5.32 Å². The zero-order valence-corrected chi connectivity index (χ0v) is 14.1. The van der Waals surface area contributed by atoms with E-state index in [1.54, 1.807) is 7.11 Å². The topological polar surface area (TPSA) is 47.6 Å². The normalized spacial score (nSPS) is 11.7. The molecule has 2 aromatic carbocycles. The predicted octanol–water partition coefficient (Wildman–Crippen LogP) is 3.57. The summed E-state index contributed by atoms with van der Waals surface area (Å²) >= 11 is 0. The summed E-state index contributed by atoms with van der Waals surface area (Å²) in [4.78, 5) is 12.1. The number of ether oxygens (including phenoxy) is 2. The second kappa shape index (κ2) is 7.68. The fraction of sp³-hybridized carbons (Fsp3) is 0.316. The van der Waals surface area contributed by atoms with Gasteiger partial charge >= 0.3 is 0 Å². The summed E-state index contributed by atoms with van der Waals surface area (Å²) in [6.07, 6.45) is 0. The Bertz CT molecular complexity index is 665. The highest BCUT2D eigenvalue weighted by Gasteiger charge is 2.11. The molecule has 0 saturated carbocycles. The van der Waals surface area contributed by atoms with E-state index in [4.69, 9.17) is 9.47 Å². The molecular weight excluding hydrogens is 290 g/mol. The first-order chi connectivity index (χ1) is 11.0. The number of nitrogens with one attached hydrogen (secondary N) is 1. The van der Waals surface area contributed by atoms with Gasteiger partial charge in [0.25, 0.3) is 5.91 Å². The lowest BCUT2D eigenvalue weighted by Crippen LogP contribution is -2.31. The van der Waals surface area contributed by atoms with Crippen molar-refractivity contribution < 1.29 is 14.3 Å². The summed E-state index contributed by atoms with van der Waals surface area (Å²) in [6.45, 7) is 5.91. The van der Waals surface area contributed by atoms with Crippen molar-refractivity contribution in [2.75, 3.05) is 13.7 Å². The Morgan fingerprint density at radius 1 is 1.13 bits per heavy atom. The van der Waals surface area contributed by atoms with E-state index in [9.17, 15) is 4.79 Å². The zero-order chi connectivity index (χ0) is 16.8. The molecule has 1 N–H and O–H groups in total. The molecule has 0 radical (unpaired) electrons. The standard InChI is InChI=1S/C19H23NO3/c1-13-5-6-14(2)18(11-13)23-12-19(21)20-15(3)16-7-9-17(22-4)10-8-16/h5-11,15H,12H2,1-4H3,(H,20,21)/t15-/m0/s1. The highest BCUT2D eigenvalue weighted by atomic mass is 16.5. The van der Waals surface area contributed by atoms with Crippen molar-refractivity contribution in [3.05, 3.63) is 59.2 Å². The number of hydrogen-bond donors (Lipinski definition) is 1. The van der Waals surface area contributed by atoms with Crippen molar-refractivity contribution in [1.82, 2.24) is 5.32 Å². The van der Waals surface area contributed by atoms with Crippen molar-refractivity contribution in [3.63, 3.8) is 0 Å². The first kappa shape index (κ1) is 16.9. The van der Waals surface area contributed by atoms with Crippen molar-refractivity contribution >= 4 is 5.91 Å².